The number of methoxy groups -OCH3 is 1. The Balaban J connectivity index is 2.99. The van der Waals surface area contributed by atoms with Gasteiger partial charge in [-0.05, 0) is 6.07 Å². The van der Waals surface area contributed by atoms with Crippen LogP contribution < -0.4 is 5.73 Å². The maximum Gasteiger partial charge on any atom is 0.346 e. The van der Waals surface area contributed by atoms with E-state index in [2.05, 4.69) is 0 Å². The summed E-state index contributed by atoms with van der Waals surface area (Å²) >= 11 is 1.06. The molecule has 0 unspecified atom stereocenters. The largest absolute Gasteiger partial charge is 0.477 e. The highest BCUT2D eigenvalue weighted by Gasteiger charge is 2.13. The van der Waals surface area contributed by atoms with Crippen LogP contribution in [0.15, 0.2) is 6.07 Å². The summed E-state index contributed by atoms with van der Waals surface area (Å²) in [5.74, 6) is -0.955. The molecule has 0 aliphatic carbocycles. The third-order valence-electron chi connectivity index (χ3n) is 1.32. The fourth-order valence-corrected chi connectivity index (χ4v) is 1.67. The van der Waals surface area contributed by atoms with Crippen molar-refractivity contribution < 1.29 is 14.6 Å². The van der Waals surface area contributed by atoms with E-state index < -0.39 is 5.97 Å². The number of hydrogen-bond donors (Lipinski definition) is 2. The van der Waals surface area contributed by atoms with Crippen molar-refractivity contribution in [2.24, 2.45) is 0 Å². The van der Waals surface area contributed by atoms with Gasteiger partial charge in [-0.15, -0.1) is 11.3 Å². The first-order valence-corrected chi connectivity index (χ1v) is 4.07. The monoisotopic (exact) mass is 187 g/mol. The van der Waals surface area contributed by atoms with Crippen molar-refractivity contribution in [2.75, 3.05) is 12.8 Å². The highest BCUT2D eigenvalue weighted by molar-refractivity contribution is 7.17. The fraction of sp³-hybridized carbons (Fsp3) is 0.286. The molecular weight excluding hydrogens is 178 g/mol. The third-order valence-corrected chi connectivity index (χ3v) is 2.32. The Bertz CT molecular complexity index is 295. The van der Waals surface area contributed by atoms with Crippen molar-refractivity contribution in [1.82, 2.24) is 0 Å². The van der Waals surface area contributed by atoms with Crippen molar-refractivity contribution in [3.05, 3.63) is 16.5 Å². The van der Waals surface area contributed by atoms with Crippen molar-refractivity contribution in [3.8, 4) is 0 Å². The molecular formula is C7H9NO3S. The Hall–Kier alpha value is -1.07. The molecule has 0 bridgehead atoms. The third kappa shape index (κ3) is 1.75. The van der Waals surface area contributed by atoms with Gasteiger partial charge in [0.15, 0.2) is 0 Å². The zero-order valence-corrected chi connectivity index (χ0v) is 7.35. The predicted octanol–water partition coefficient (Wildman–Crippen LogP) is 1.17. The lowest BCUT2D eigenvalue weighted by Crippen LogP contribution is -1.97. The first-order chi connectivity index (χ1) is 5.65. The number of carboxylic acid groups (broad SMARTS) is 1. The van der Waals surface area contributed by atoms with Crippen LogP contribution in [0.5, 0.6) is 0 Å². The summed E-state index contributed by atoms with van der Waals surface area (Å²) in [6.45, 7) is 0.287. The zero-order chi connectivity index (χ0) is 9.14. The van der Waals surface area contributed by atoms with Crippen LogP contribution >= 0.6 is 11.3 Å². The Kier molecular flexibility index (Phi) is 2.67. The highest BCUT2D eigenvalue weighted by atomic mass is 32.1. The van der Waals surface area contributed by atoms with Crippen LogP contribution in [0.4, 0.5) is 5.00 Å². The molecule has 0 saturated carbocycles. The minimum atomic E-state index is -0.955. The molecule has 12 heavy (non-hydrogen) atoms. The summed E-state index contributed by atoms with van der Waals surface area (Å²) in [6, 6.07) is 1.62. The Labute approximate surface area is 73.6 Å². The Morgan fingerprint density at radius 3 is 3.00 bits per heavy atom. The topological polar surface area (TPSA) is 72.5 Å². The number of ether oxygens (including phenoxy) is 1. The maximum atomic E-state index is 10.6. The first kappa shape index (κ1) is 9.02. The molecule has 4 nitrogen and oxygen atoms in total. The average molecular weight is 187 g/mol. The van der Waals surface area contributed by atoms with Gasteiger partial charge in [-0.1, -0.05) is 0 Å². The van der Waals surface area contributed by atoms with Crippen molar-refractivity contribution in [2.45, 2.75) is 6.61 Å². The summed E-state index contributed by atoms with van der Waals surface area (Å²) in [6.07, 6.45) is 0. The van der Waals surface area contributed by atoms with E-state index in [1.165, 1.54) is 7.11 Å². The normalized spacial score (nSPS) is 10.1. The van der Waals surface area contributed by atoms with E-state index in [1.807, 2.05) is 0 Å². The van der Waals surface area contributed by atoms with Crippen LogP contribution in [0.2, 0.25) is 0 Å². The number of rotatable bonds is 3. The molecule has 0 atom stereocenters. The lowest BCUT2D eigenvalue weighted by Gasteiger charge is -1.95. The van der Waals surface area contributed by atoms with Crippen LogP contribution in [0, 0.1) is 0 Å². The number of carboxylic acids is 1. The smallest absolute Gasteiger partial charge is 0.346 e. The number of thiophene rings is 1. The number of nitrogen functional groups attached to an aromatic ring is 1. The van der Waals surface area contributed by atoms with Gasteiger partial charge < -0.3 is 15.6 Å². The quantitative estimate of drug-likeness (QED) is 0.745. The van der Waals surface area contributed by atoms with Crippen molar-refractivity contribution >= 4 is 22.3 Å². The van der Waals surface area contributed by atoms with Gasteiger partial charge in [-0.3, -0.25) is 0 Å². The van der Waals surface area contributed by atoms with E-state index in [9.17, 15) is 4.79 Å². The molecule has 0 aromatic carbocycles. The number of nitrogens with two attached hydrogens (primary N) is 1. The Morgan fingerprint density at radius 1 is 1.83 bits per heavy atom. The second-order valence-electron chi connectivity index (χ2n) is 2.24. The van der Waals surface area contributed by atoms with Gasteiger partial charge in [-0.2, -0.15) is 0 Å². The van der Waals surface area contributed by atoms with Crippen LogP contribution in [0.25, 0.3) is 0 Å². The molecule has 5 heteroatoms. The minimum absolute atomic E-state index is 0.259. The number of anilines is 1. The Morgan fingerprint density at radius 2 is 2.50 bits per heavy atom. The van der Waals surface area contributed by atoms with Crippen LogP contribution in [-0.4, -0.2) is 18.2 Å². The summed E-state index contributed by atoms with van der Waals surface area (Å²) in [5.41, 5.74) is 6.08. The molecule has 0 aliphatic heterocycles. The molecule has 1 aromatic heterocycles. The molecule has 1 aromatic rings. The molecule has 0 amide bonds. The van der Waals surface area contributed by atoms with Crippen LogP contribution in [0.1, 0.15) is 15.2 Å². The number of carbonyl (C=O) groups is 1. The minimum Gasteiger partial charge on any atom is -0.477 e. The summed E-state index contributed by atoms with van der Waals surface area (Å²) in [4.78, 5) is 10.9. The molecule has 66 valence electrons. The summed E-state index contributed by atoms with van der Waals surface area (Å²) in [5, 5.41) is 9.20. The van der Waals surface area contributed by atoms with Crippen LogP contribution in [0.3, 0.4) is 0 Å². The zero-order valence-electron chi connectivity index (χ0n) is 6.53. The average Bonchev–Trinajstić information content (AvgIpc) is 2.32. The molecule has 0 saturated heterocycles. The van der Waals surface area contributed by atoms with Gasteiger partial charge in [0.25, 0.3) is 0 Å². The second kappa shape index (κ2) is 3.55. The van der Waals surface area contributed by atoms with Crippen molar-refractivity contribution in [3.63, 3.8) is 0 Å². The molecule has 1 rings (SSSR count). The van der Waals surface area contributed by atoms with E-state index in [4.69, 9.17) is 15.6 Å². The summed E-state index contributed by atoms with van der Waals surface area (Å²) < 4.78 is 4.82. The first-order valence-electron chi connectivity index (χ1n) is 3.25. The molecule has 3 N–H and O–H groups in total. The lowest BCUT2D eigenvalue weighted by atomic mass is 10.3. The SMILES string of the molecule is COCc1cc(N)sc1C(=O)O. The fourth-order valence-electron chi connectivity index (χ4n) is 0.894. The van der Waals surface area contributed by atoms with E-state index in [-0.39, 0.29) is 11.5 Å². The number of hydrogen-bond acceptors (Lipinski definition) is 4. The molecule has 0 radical (unpaired) electrons. The van der Waals surface area contributed by atoms with Crippen LogP contribution in [-0.2, 0) is 11.3 Å². The molecule has 0 spiro atoms. The predicted molar refractivity (Wildman–Crippen MR) is 46.4 cm³/mol. The van der Waals surface area contributed by atoms with Gasteiger partial charge in [-0.25, -0.2) is 4.79 Å². The number of aromatic carboxylic acids is 1. The highest BCUT2D eigenvalue weighted by Crippen LogP contribution is 2.24. The standard InChI is InChI=1S/C7H9NO3S/c1-11-3-4-2-5(8)12-6(4)7(9)10/h2H,3,8H2,1H3,(H,9,10). The maximum absolute atomic E-state index is 10.6. The van der Waals surface area contributed by atoms with E-state index >= 15 is 0 Å². The second-order valence-corrected chi connectivity index (χ2v) is 3.33. The molecule has 1 heterocycles. The van der Waals surface area contributed by atoms with Crippen molar-refractivity contribution in [1.29, 1.82) is 0 Å². The summed E-state index contributed by atoms with van der Waals surface area (Å²) in [7, 11) is 1.51. The van der Waals surface area contributed by atoms with Gasteiger partial charge in [0.05, 0.1) is 11.6 Å². The van der Waals surface area contributed by atoms with Gasteiger partial charge >= 0.3 is 5.97 Å². The lowest BCUT2D eigenvalue weighted by molar-refractivity contribution is 0.0697. The molecule has 0 aliphatic rings. The van der Waals surface area contributed by atoms with E-state index in [0.717, 1.165) is 11.3 Å². The van der Waals surface area contributed by atoms with Gasteiger partial charge in [0, 0.05) is 12.7 Å². The molecule has 0 fully saturated rings. The van der Waals surface area contributed by atoms with E-state index in [1.54, 1.807) is 6.07 Å². The van der Waals surface area contributed by atoms with Gasteiger partial charge in [0.2, 0.25) is 0 Å². The van der Waals surface area contributed by atoms with Gasteiger partial charge in [0.1, 0.15) is 4.88 Å². The van der Waals surface area contributed by atoms with E-state index in [0.29, 0.717) is 10.6 Å².